The quantitative estimate of drug-likeness (QED) is 0.537. The van der Waals surface area contributed by atoms with Crippen molar-refractivity contribution in [2.24, 2.45) is 5.92 Å². The summed E-state index contributed by atoms with van der Waals surface area (Å²) in [5, 5.41) is 3.09. The van der Waals surface area contributed by atoms with Crippen molar-refractivity contribution in [3.05, 3.63) is 0 Å². The van der Waals surface area contributed by atoms with Crippen LogP contribution in [0.5, 0.6) is 0 Å². The Hall–Kier alpha value is -0.530. The van der Waals surface area contributed by atoms with E-state index in [0.717, 1.165) is 38.6 Å². The van der Waals surface area contributed by atoms with E-state index in [0.29, 0.717) is 0 Å². The van der Waals surface area contributed by atoms with Crippen molar-refractivity contribution in [1.82, 2.24) is 5.32 Å². The first-order valence-electron chi connectivity index (χ1n) is 7.53. The minimum absolute atomic E-state index is 0.251. The van der Waals surface area contributed by atoms with Crippen LogP contribution < -0.4 is 5.32 Å². The molecular formula is C15H31NO. The number of carbonyl (C=O) groups is 1. The first-order valence-corrected chi connectivity index (χ1v) is 7.53. The fraction of sp³-hybridized carbons (Fsp3) is 0.933. The molecule has 0 aromatic rings. The average Bonchev–Trinajstić information content (AvgIpc) is 2.33. The summed E-state index contributed by atoms with van der Waals surface area (Å²) in [4.78, 5) is 11.9. The van der Waals surface area contributed by atoms with Crippen LogP contribution in [0.3, 0.4) is 0 Å². The molecule has 0 fully saturated rings. The summed E-state index contributed by atoms with van der Waals surface area (Å²) in [5.41, 5.74) is 0. The van der Waals surface area contributed by atoms with Gasteiger partial charge in [-0.25, -0.2) is 0 Å². The fourth-order valence-electron chi connectivity index (χ4n) is 2.19. The lowest BCUT2D eigenvalue weighted by molar-refractivity contribution is -0.125. The second-order valence-corrected chi connectivity index (χ2v) is 4.98. The van der Waals surface area contributed by atoms with Crippen molar-refractivity contribution in [3.8, 4) is 0 Å². The largest absolute Gasteiger partial charge is 0.356 e. The zero-order valence-corrected chi connectivity index (χ0v) is 12.1. The molecule has 102 valence electrons. The Bertz CT molecular complexity index is 174. The van der Waals surface area contributed by atoms with Crippen LogP contribution in [-0.4, -0.2) is 12.5 Å². The molecule has 0 saturated heterocycles. The van der Waals surface area contributed by atoms with Crippen LogP contribution in [0, 0.1) is 5.92 Å². The van der Waals surface area contributed by atoms with E-state index in [4.69, 9.17) is 0 Å². The number of amides is 1. The van der Waals surface area contributed by atoms with Gasteiger partial charge in [-0.2, -0.15) is 0 Å². The van der Waals surface area contributed by atoms with Gasteiger partial charge in [-0.15, -0.1) is 0 Å². The van der Waals surface area contributed by atoms with E-state index in [9.17, 15) is 4.79 Å². The first-order chi connectivity index (χ1) is 8.26. The number of hydrogen-bond donors (Lipinski definition) is 1. The number of unbranched alkanes of at least 4 members (excludes halogenated alkanes) is 4. The molecule has 2 nitrogen and oxygen atoms in total. The van der Waals surface area contributed by atoms with Gasteiger partial charge in [-0.1, -0.05) is 59.3 Å². The maximum absolute atomic E-state index is 11.9. The SMILES string of the molecule is CCCCCCCNC(=O)C(CCC)CCC. The van der Waals surface area contributed by atoms with Crippen LogP contribution in [0.4, 0.5) is 0 Å². The molecule has 0 aliphatic carbocycles. The summed E-state index contributed by atoms with van der Waals surface area (Å²) < 4.78 is 0. The predicted molar refractivity (Wildman–Crippen MR) is 75.1 cm³/mol. The molecule has 0 saturated carbocycles. The van der Waals surface area contributed by atoms with Gasteiger partial charge in [0.05, 0.1) is 0 Å². The molecular weight excluding hydrogens is 210 g/mol. The summed E-state index contributed by atoms with van der Waals surface area (Å²) >= 11 is 0. The average molecular weight is 241 g/mol. The maximum Gasteiger partial charge on any atom is 0.223 e. The second kappa shape index (κ2) is 11.9. The third kappa shape index (κ3) is 9.20. The van der Waals surface area contributed by atoms with Gasteiger partial charge in [-0.05, 0) is 19.3 Å². The molecule has 0 heterocycles. The Balaban J connectivity index is 3.59. The van der Waals surface area contributed by atoms with Crippen LogP contribution in [0.15, 0.2) is 0 Å². The summed E-state index contributed by atoms with van der Waals surface area (Å²) in [5.74, 6) is 0.532. The van der Waals surface area contributed by atoms with Gasteiger partial charge in [0.1, 0.15) is 0 Å². The van der Waals surface area contributed by atoms with E-state index >= 15 is 0 Å². The smallest absolute Gasteiger partial charge is 0.223 e. The molecule has 0 aliphatic rings. The molecule has 0 aromatic heterocycles. The lowest BCUT2D eigenvalue weighted by Gasteiger charge is -2.15. The van der Waals surface area contributed by atoms with Crippen LogP contribution >= 0.6 is 0 Å². The highest BCUT2D eigenvalue weighted by molar-refractivity contribution is 5.78. The van der Waals surface area contributed by atoms with E-state index in [-0.39, 0.29) is 11.8 Å². The molecule has 0 spiro atoms. The number of carbonyl (C=O) groups excluding carboxylic acids is 1. The molecule has 0 bridgehead atoms. The molecule has 0 atom stereocenters. The highest BCUT2D eigenvalue weighted by Crippen LogP contribution is 2.13. The van der Waals surface area contributed by atoms with Gasteiger partial charge in [0, 0.05) is 12.5 Å². The van der Waals surface area contributed by atoms with Gasteiger partial charge < -0.3 is 5.32 Å². The summed E-state index contributed by atoms with van der Waals surface area (Å²) in [6, 6.07) is 0. The van der Waals surface area contributed by atoms with Crippen LogP contribution in [0.25, 0.3) is 0 Å². The Morgan fingerprint density at radius 2 is 1.47 bits per heavy atom. The van der Waals surface area contributed by atoms with Gasteiger partial charge in [0.25, 0.3) is 0 Å². The Morgan fingerprint density at radius 1 is 0.882 bits per heavy atom. The van der Waals surface area contributed by atoms with E-state index in [1.807, 2.05) is 0 Å². The summed E-state index contributed by atoms with van der Waals surface area (Å²) in [7, 11) is 0. The van der Waals surface area contributed by atoms with E-state index in [1.54, 1.807) is 0 Å². The van der Waals surface area contributed by atoms with E-state index in [1.165, 1.54) is 25.7 Å². The molecule has 0 radical (unpaired) electrons. The molecule has 0 aliphatic heterocycles. The van der Waals surface area contributed by atoms with Gasteiger partial charge in [0.15, 0.2) is 0 Å². The zero-order chi connectivity index (χ0) is 12.9. The first kappa shape index (κ1) is 16.5. The minimum Gasteiger partial charge on any atom is -0.356 e. The Morgan fingerprint density at radius 3 is 2.00 bits per heavy atom. The highest BCUT2D eigenvalue weighted by atomic mass is 16.1. The monoisotopic (exact) mass is 241 g/mol. The van der Waals surface area contributed by atoms with Crippen molar-refractivity contribution in [3.63, 3.8) is 0 Å². The number of rotatable bonds is 11. The fourth-order valence-corrected chi connectivity index (χ4v) is 2.19. The second-order valence-electron chi connectivity index (χ2n) is 4.98. The van der Waals surface area contributed by atoms with Crippen molar-refractivity contribution in [2.45, 2.75) is 78.6 Å². The van der Waals surface area contributed by atoms with Crippen LogP contribution in [-0.2, 0) is 4.79 Å². The predicted octanol–water partition coefficient (Wildman–Crippen LogP) is 4.29. The van der Waals surface area contributed by atoms with Crippen LogP contribution in [0.1, 0.15) is 78.6 Å². The van der Waals surface area contributed by atoms with Crippen molar-refractivity contribution in [2.75, 3.05) is 6.54 Å². The molecule has 17 heavy (non-hydrogen) atoms. The van der Waals surface area contributed by atoms with Gasteiger partial charge in [-0.3, -0.25) is 4.79 Å². The third-order valence-electron chi connectivity index (χ3n) is 3.22. The topological polar surface area (TPSA) is 29.1 Å². The van der Waals surface area contributed by atoms with Crippen LogP contribution in [0.2, 0.25) is 0 Å². The number of nitrogens with one attached hydrogen (secondary N) is 1. The van der Waals surface area contributed by atoms with Crippen molar-refractivity contribution < 1.29 is 4.79 Å². The molecule has 0 unspecified atom stereocenters. The minimum atomic E-state index is 0.251. The maximum atomic E-state index is 11.9. The zero-order valence-electron chi connectivity index (χ0n) is 12.1. The van der Waals surface area contributed by atoms with E-state index in [2.05, 4.69) is 26.1 Å². The molecule has 1 amide bonds. The van der Waals surface area contributed by atoms with Crippen molar-refractivity contribution in [1.29, 1.82) is 0 Å². The lowest BCUT2D eigenvalue weighted by atomic mass is 9.97. The standard InChI is InChI=1S/C15H31NO/c1-4-7-8-9-10-13-16-15(17)14(11-5-2)12-6-3/h14H,4-13H2,1-3H3,(H,16,17). The molecule has 1 N–H and O–H groups in total. The van der Waals surface area contributed by atoms with E-state index < -0.39 is 0 Å². The normalized spacial score (nSPS) is 10.8. The molecule has 2 heteroatoms. The Labute approximate surface area is 108 Å². The Kier molecular flexibility index (Phi) is 11.6. The van der Waals surface area contributed by atoms with Crippen molar-refractivity contribution >= 4 is 5.91 Å². The highest BCUT2D eigenvalue weighted by Gasteiger charge is 2.15. The summed E-state index contributed by atoms with van der Waals surface area (Å²) in [6.07, 6.45) is 10.6. The third-order valence-corrected chi connectivity index (χ3v) is 3.22. The molecule has 0 rings (SSSR count). The lowest BCUT2D eigenvalue weighted by Crippen LogP contribution is -2.31. The number of hydrogen-bond acceptors (Lipinski definition) is 1. The molecule has 0 aromatic carbocycles. The van der Waals surface area contributed by atoms with Gasteiger partial charge >= 0.3 is 0 Å². The van der Waals surface area contributed by atoms with Gasteiger partial charge in [0.2, 0.25) is 5.91 Å². The summed E-state index contributed by atoms with van der Waals surface area (Å²) in [6.45, 7) is 7.40.